The van der Waals surface area contributed by atoms with Crippen LogP contribution in [0.15, 0.2) is 29.3 Å². The number of guanidine groups is 1. The molecule has 6 heteroatoms. The zero-order chi connectivity index (χ0) is 18.4. The van der Waals surface area contributed by atoms with Gasteiger partial charge >= 0.3 is 0 Å². The highest BCUT2D eigenvalue weighted by atomic mass is 16.5. The number of carbonyl (C=O) groups is 1. The molecule has 6 nitrogen and oxygen atoms in total. The highest BCUT2D eigenvalue weighted by Gasteiger charge is 2.23. The van der Waals surface area contributed by atoms with Crippen LogP contribution in [0.4, 0.5) is 0 Å². The lowest BCUT2D eigenvalue weighted by Gasteiger charge is -2.31. The van der Waals surface area contributed by atoms with Crippen LogP contribution in [0.2, 0.25) is 0 Å². The second kappa shape index (κ2) is 8.92. The highest BCUT2D eigenvalue weighted by Crippen LogP contribution is 2.27. The van der Waals surface area contributed by atoms with Crippen molar-refractivity contribution >= 4 is 11.9 Å². The molecule has 0 bridgehead atoms. The summed E-state index contributed by atoms with van der Waals surface area (Å²) in [5.41, 5.74) is 1.25. The number of fused-ring (bicyclic) bond motifs is 1. The average Bonchev–Trinajstić information content (AvgIpc) is 3.07. The molecule has 0 aromatic heterocycles. The Labute approximate surface area is 156 Å². The Bertz CT molecular complexity index is 621. The predicted molar refractivity (Wildman–Crippen MR) is 104 cm³/mol. The lowest BCUT2D eigenvalue weighted by atomic mass is 10.00. The number of ether oxygens (including phenoxy) is 1. The third kappa shape index (κ3) is 4.90. The van der Waals surface area contributed by atoms with Gasteiger partial charge in [0.05, 0.1) is 6.54 Å². The normalized spacial score (nSPS) is 22.5. The smallest absolute Gasteiger partial charge is 0.224 e. The van der Waals surface area contributed by atoms with Crippen LogP contribution in [-0.2, 0) is 11.2 Å². The molecule has 1 aromatic carbocycles. The second-order valence-corrected chi connectivity index (χ2v) is 7.27. The van der Waals surface area contributed by atoms with E-state index in [0.29, 0.717) is 31.4 Å². The van der Waals surface area contributed by atoms with Gasteiger partial charge in [0.15, 0.2) is 5.96 Å². The van der Waals surface area contributed by atoms with Gasteiger partial charge in [0.25, 0.3) is 0 Å². The minimum Gasteiger partial charge on any atom is -0.488 e. The molecule has 1 saturated heterocycles. The Kier molecular flexibility index (Phi) is 6.36. The number of carbonyl (C=O) groups excluding carboxylic acids is 1. The minimum atomic E-state index is 0.113. The Hall–Kier alpha value is -2.24. The monoisotopic (exact) mass is 358 g/mol. The lowest BCUT2D eigenvalue weighted by Crippen LogP contribution is -2.44. The molecule has 1 aromatic rings. The van der Waals surface area contributed by atoms with Crippen molar-refractivity contribution in [3.63, 3.8) is 0 Å². The van der Waals surface area contributed by atoms with Crippen LogP contribution in [0.5, 0.6) is 5.75 Å². The number of nitrogens with one attached hydrogen (secondary N) is 2. The van der Waals surface area contributed by atoms with Gasteiger partial charge in [0.1, 0.15) is 11.9 Å². The molecule has 0 saturated carbocycles. The van der Waals surface area contributed by atoms with E-state index in [1.807, 2.05) is 23.1 Å². The van der Waals surface area contributed by atoms with E-state index in [-0.39, 0.29) is 12.0 Å². The van der Waals surface area contributed by atoms with Crippen molar-refractivity contribution in [2.24, 2.45) is 10.9 Å². The molecule has 2 unspecified atom stereocenters. The molecule has 142 valence electrons. The van der Waals surface area contributed by atoms with Crippen LogP contribution in [0, 0.1) is 5.92 Å². The maximum atomic E-state index is 12.3. The first-order chi connectivity index (χ1) is 12.7. The summed E-state index contributed by atoms with van der Waals surface area (Å²) < 4.78 is 5.93. The van der Waals surface area contributed by atoms with Gasteiger partial charge in [-0.2, -0.15) is 0 Å². The number of hydrogen-bond acceptors (Lipinski definition) is 3. The Balaban J connectivity index is 1.36. The molecule has 2 heterocycles. The molecule has 2 atom stereocenters. The van der Waals surface area contributed by atoms with Crippen molar-refractivity contribution < 1.29 is 9.53 Å². The first-order valence-corrected chi connectivity index (χ1v) is 9.62. The number of benzene rings is 1. The van der Waals surface area contributed by atoms with E-state index in [1.54, 1.807) is 7.05 Å². The van der Waals surface area contributed by atoms with Crippen LogP contribution in [-0.4, -0.2) is 56.1 Å². The van der Waals surface area contributed by atoms with Crippen molar-refractivity contribution in [2.45, 2.75) is 38.7 Å². The van der Waals surface area contributed by atoms with Crippen molar-refractivity contribution in [1.29, 1.82) is 0 Å². The van der Waals surface area contributed by atoms with Crippen molar-refractivity contribution in [1.82, 2.24) is 15.5 Å². The van der Waals surface area contributed by atoms with Crippen LogP contribution >= 0.6 is 0 Å². The maximum absolute atomic E-state index is 12.3. The number of amides is 1. The topological polar surface area (TPSA) is 66.0 Å². The van der Waals surface area contributed by atoms with Crippen LogP contribution in [0.3, 0.4) is 0 Å². The minimum absolute atomic E-state index is 0.113. The fraction of sp³-hybridized carbons (Fsp3) is 0.600. The van der Waals surface area contributed by atoms with Crippen molar-refractivity contribution in [2.75, 3.05) is 33.2 Å². The summed E-state index contributed by atoms with van der Waals surface area (Å²) in [6.07, 6.45) is 3.87. The van der Waals surface area contributed by atoms with Gasteiger partial charge in [0.2, 0.25) is 5.91 Å². The number of piperidine rings is 1. The Morgan fingerprint density at radius 1 is 1.35 bits per heavy atom. The summed E-state index contributed by atoms with van der Waals surface area (Å²) in [4.78, 5) is 18.5. The molecule has 0 spiro atoms. The lowest BCUT2D eigenvalue weighted by molar-refractivity contribution is -0.132. The molecule has 0 aliphatic carbocycles. The van der Waals surface area contributed by atoms with Crippen LogP contribution < -0.4 is 15.4 Å². The quantitative estimate of drug-likeness (QED) is 0.622. The molecule has 26 heavy (non-hydrogen) atoms. The molecular weight excluding hydrogens is 328 g/mol. The Morgan fingerprint density at radius 3 is 2.96 bits per heavy atom. The number of aliphatic imine (C=N–C) groups is 1. The average molecular weight is 358 g/mol. The SMILES string of the molecule is CN=C(NCCC(=O)N1CCCC(C)C1)NCC1Cc2ccccc2O1. The summed E-state index contributed by atoms with van der Waals surface area (Å²) in [6.45, 7) is 5.29. The number of hydrogen-bond donors (Lipinski definition) is 2. The molecule has 1 amide bonds. The summed E-state index contributed by atoms with van der Waals surface area (Å²) in [5, 5.41) is 6.53. The fourth-order valence-electron chi connectivity index (χ4n) is 3.66. The first kappa shape index (κ1) is 18.5. The second-order valence-electron chi connectivity index (χ2n) is 7.27. The van der Waals surface area contributed by atoms with E-state index >= 15 is 0 Å². The van der Waals surface area contributed by atoms with Gasteiger partial charge in [-0.05, 0) is 30.4 Å². The van der Waals surface area contributed by atoms with Gasteiger partial charge in [-0.25, -0.2) is 0 Å². The molecule has 3 rings (SSSR count). The molecule has 1 fully saturated rings. The van der Waals surface area contributed by atoms with Gasteiger partial charge < -0.3 is 20.3 Å². The fourth-order valence-corrected chi connectivity index (χ4v) is 3.66. The van der Waals surface area contributed by atoms with E-state index in [4.69, 9.17) is 4.74 Å². The van der Waals surface area contributed by atoms with Crippen molar-refractivity contribution in [3.05, 3.63) is 29.8 Å². The molecule has 2 aliphatic heterocycles. The maximum Gasteiger partial charge on any atom is 0.224 e. The molecule has 2 aliphatic rings. The third-order valence-electron chi connectivity index (χ3n) is 5.08. The summed E-state index contributed by atoms with van der Waals surface area (Å²) in [6, 6.07) is 8.15. The van der Waals surface area contributed by atoms with E-state index < -0.39 is 0 Å². The van der Waals surface area contributed by atoms with Gasteiger partial charge in [-0.3, -0.25) is 9.79 Å². The third-order valence-corrected chi connectivity index (χ3v) is 5.08. The van der Waals surface area contributed by atoms with Crippen molar-refractivity contribution in [3.8, 4) is 5.75 Å². The summed E-state index contributed by atoms with van der Waals surface area (Å²) in [5.74, 6) is 2.53. The van der Waals surface area contributed by atoms with Gasteiger partial charge in [0, 0.05) is 39.5 Å². The number of para-hydroxylation sites is 1. The zero-order valence-corrected chi connectivity index (χ0v) is 15.8. The first-order valence-electron chi connectivity index (χ1n) is 9.62. The molecular formula is C20H30N4O2. The number of likely N-dealkylation sites (tertiary alicyclic amines) is 1. The van der Waals surface area contributed by atoms with Crippen LogP contribution in [0.1, 0.15) is 31.7 Å². The molecule has 0 radical (unpaired) electrons. The highest BCUT2D eigenvalue weighted by molar-refractivity contribution is 5.81. The van der Waals surface area contributed by atoms with E-state index in [1.165, 1.54) is 12.0 Å². The largest absolute Gasteiger partial charge is 0.488 e. The summed E-state index contributed by atoms with van der Waals surface area (Å²) >= 11 is 0. The van der Waals surface area contributed by atoms with Gasteiger partial charge in [-0.15, -0.1) is 0 Å². The molecule has 2 N–H and O–H groups in total. The summed E-state index contributed by atoms with van der Waals surface area (Å²) in [7, 11) is 1.74. The Morgan fingerprint density at radius 2 is 2.19 bits per heavy atom. The van der Waals surface area contributed by atoms with E-state index in [2.05, 4.69) is 28.6 Å². The van der Waals surface area contributed by atoms with E-state index in [0.717, 1.165) is 31.7 Å². The number of nitrogens with zero attached hydrogens (tertiary/aromatic N) is 2. The van der Waals surface area contributed by atoms with E-state index in [9.17, 15) is 4.79 Å². The standard InChI is InChI=1S/C20H30N4O2/c1-15-6-5-11-24(14-15)19(25)9-10-22-20(21-2)23-13-17-12-16-7-3-4-8-18(16)26-17/h3-4,7-8,15,17H,5-6,9-14H2,1-2H3,(H2,21,22,23). The predicted octanol–water partition coefficient (Wildman–Crippen LogP) is 1.80. The van der Waals surface area contributed by atoms with Gasteiger partial charge in [-0.1, -0.05) is 25.1 Å². The van der Waals surface area contributed by atoms with Crippen LogP contribution in [0.25, 0.3) is 0 Å². The number of rotatable bonds is 5. The zero-order valence-electron chi connectivity index (χ0n) is 15.8.